The first-order chi connectivity index (χ1) is 10.2. The molecule has 4 heteroatoms. The molecule has 21 heavy (non-hydrogen) atoms. The molecule has 1 N–H and O–H groups in total. The van der Waals surface area contributed by atoms with Crippen molar-refractivity contribution in [3.05, 3.63) is 55.1 Å². The Morgan fingerprint density at radius 3 is 2.52 bits per heavy atom. The number of aliphatic hydroxyl groups excluding tert-OH is 1. The third-order valence-electron chi connectivity index (χ3n) is 3.00. The second-order valence-electron chi connectivity index (χ2n) is 4.78. The molecule has 116 valence electrons. The second-order valence-corrected chi connectivity index (χ2v) is 4.78. The van der Waals surface area contributed by atoms with Gasteiger partial charge in [-0.3, -0.25) is 4.90 Å². The Balaban J connectivity index is 2.36. The molecule has 1 aromatic rings. The minimum absolute atomic E-state index is 0.281. The standard InChI is InChI=1S/C17H25NO3/c1-4-10-18(11-5-2)12-16(19)14-21-13-15-8-6-7-9-17(15)20-3/h4-9,16,19H,1-2,10-14H2,3H3. The van der Waals surface area contributed by atoms with Crippen LogP contribution in [0.5, 0.6) is 5.75 Å². The Hall–Kier alpha value is -1.62. The molecule has 0 bridgehead atoms. The quantitative estimate of drug-likeness (QED) is 0.635. The van der Waals surface area contributed by atoms with E-state index in [0.29, 0.717) is 13.2 Å². The molecule has 0 spiro atoms. The Morgan fingerprint density at radius 2 is 1.90 bits per heavy atom. The fourth-order valence-corrected chi connectivity index (χ4v) is 2.07. The van der Waals surface area contributed by atoms with Gasteiger partial charge >= 0.3 is 0 Å². The highest BCUT2D eigenvalue weighted by Gasteiger charge is 2.10. The first-order valence-electron chi connectivity index (χ1n) is 7.03. The lowest BCUT2D eigenvalue weighted by Crippen LogP contribution is -2.35. The van der Waals surface area contributed by atoms with Gasteiger partial charge in [0.1, 0.15) is 5.75 Å². The molecule has 0 radical (unpaired) electrons. The topological polar surface area (TPSA) is 41.9 Å². The smallest absolute Gasteiger partial charge is 0.124 e. The molecule has 1 aromatic carbocycles. The zero-order valence-electron chi connectivity index (χ0n) is 12.7. The molecular formula is C17H25NO3. The maximum Gasteiger partial charge on any atom is 0.124 e. The van der Waals surface area contributed by atoms with Gasteiger partial charge in [-0.2, -0.15) is 0 Å². The lowest BCUT2D eigenvalue weighted by atomic mass is 10.2. The highest BCUT2D eigenvalue weighted by molar-refractivity contribution is 5.32. The summed E-state index contributed by atoms with van der Waals surface area (Å²) in [6.07, 6.45) is 3.08. The molecule has 0 saturated heterocycles. The van der Waals surface area contributed by atoms with E-state index in [1.165, 1.54) is 0 Å². The van der Waals surface area contributed by atoms with Crippen LogP contribution >= 0.6 is 0 Å². The SMILES string of the molecule is C=CCN(CC=C)CC(O)COCc1ccccc1OC. The molecule has 0 saturated carbocycles. The van der Waals surface area contributed by atoms with Crippen LogP contribution in [0, 0.1) is 0 Å². The monoisotopic (exact) mass is 291 g/mol. The Kier molecular flexibility index (Phi) is 8.43. The largest absolute Gasteiger partial charge is 0.496 e. The van der Waals surface area contributed by atoms with Gasteiger partial charge < -0.3 is 14.6 Å². The van der Waals surface area contributed by atoms with Crippen molar-refractivity contribution in [3.63, 3.8) is 0 Å². The Labute approximate surface area is 127 Å². The summed E-state index contributed by atoms with van der Waals surface area (Å²) in [4.78, 5) is 2.05. The van der Waals surface area contributed by atoms with E-state index in [9.17, 15) is 5.11 Å². The van der Waals surface area contributed by atoms with E-state index in [1.807, 2.05) is 36.4 Å². The molecule has 0 heterocycles. The Morgan fingerprint density at radius 1 is 1.24 bits per heavy atom. The normalized spacial score (nSPS) is 12.1. The van der Waals surface area contributed by atoms with Crippen LogP contribution in [-0.2, 0) is 11.3 Å². The molecule has 1 atom stereocenters. The van der Waals surface area contributed by atoms with Crippen LogP contribution in [0.2, 0.25) is 0 Å². The van der Waals surface area contributed by atoms with Crippen molar-refractivity contribution in [2.75, 3.05) is 33.4 Å². The molecule has 0 aliphatic rings. The summed E-state index contributed by atoms with van der Waals surface area (Å²) in [5.74, 6) is 0.798. The average molecular weight is 291 g/mol. The fourth-order valence-electron chi connectivity index (χ4n) is 2.07. The van der Waals surface area contributed by atoms with Crippen molar-refractivity contribution in [2.24, 2.45) is 0 Å². The summed E-state index contributed by atoms with van der Waals surface area (Å²) in [5, 5.41) is 10.0. The molecule has 0 aliphatic carbocycles. The Bertz CT molecular complexity index is 424. The lowest BCUT2D eigenvalue weighted by Gasteiger charge is -2.22. The van der Waals surface area contributed by atoms with Crippen molar-refractivity contribution >= 4 is 0 Å². The number of methoxy groups -OCH3 is 1. The van der Waals surface area contributed by atoms with Crippen LogP contribution in [0.1, 0.15) is 5.56 Å². The van der Waals surface area contributed by atoms with E-state index in [-0.39, 0.29) is 6.61 Å². The molecule has 0 fully saturated rings. The number of aliphatic hydroxyl groups is 1. The van der Waals surface area contributed by atoms with Crippen molar-refractivity contribution in [3.8, 4) is 5.75 Å². The number of benzene rings is 1. The van der Waals surface area contributed by atoms with Crippen molar-refractivity contribution in [1.82, 2.24) is 4.90 Å². The highest BCUT2D eigenvalue weighted by Crippen LogP contribution is 2.18. The molecule has 1 rings (SSSR count). The summed E-state index contributed by atoms with van der Waals surface area (Å²) >= 11 is 0. The van der Waals surface area contributed by atoms with Crippen LogP contribution in [0.25, 0.3) is 0 Å². The number of nitrogens with zero attached hydrogens (tertiary/aromatic N) is 1. The predicted octanol–water partition coefficient (Wildman–Crippen LogP) is 2.25. The third-order valence-corrected chi connectivity index (χ3v) is 3.00. The number of para-hydroxylation sites is 1. The zero-order valence-corrected chi connectivity index (χ0v) is 12.7. The van der Waals surface area contributed by atoms with Gasteiger partial charge in [-0.05, 0) is 6.07 Å². The van der Waals surface area contributed by atoms with Gasteiger partial charge in [0.2, 0.25) is 0 Å². The molecule has 0 aromatic heterocycles. The van der Waals surface area contributed by atoms with Crippen molar-refractivity contribution in [2.45, 2.75) is 12.7 Å². The molecular weight excluding hydrogens is 266 g/mol. The van der Waals surface area contributed by atoms with E-state index in [0.717, 1.165) is 24.4 Å². The third kappa shape index (κ3) is 6.58. The van der Waals surface area contributed by atoms with Gasteiger partial charge in [0, 0.05) is 25.2 Å². The number of hydrogen-bond acceptors (Lipinski definition) is 4. The summed E-state index contributed by atoms with van der Waals surface area (Å²) in [5.41, 5.74) is 0.973. The summed E-state index contributed by atoms with van der Waals surface area (Å²) in [6.45, 7) is 10.1. The average Bonchev–Trinajstić information content (AvgIpc) is 2.48. The van der Waals surface area contributed by atoms with Crippen LogP contribution in [0.3, 0.4) is 0 Å². The van der Waals surface area contributed by atoms with E-state index >= 15 is 0 Å². The van der Waals surface area contributed by atoms with Crippen LogP contribution in [0.15, 0.2) is 49.6 Å². The van der Waals surface area contributed by atoms with Crippen molar-refractivity contribution < 1.29 is 14.6 Å². The van der Waals surface area contributed by atoms with Crippen LogP contribution in [0.4, 0.5) is 0 Å². The molecule has 0 aliphatic heterocycles. The fraction of sp³-hybridized carbons (Fsp3) is 0.412. The van der Waals surface area contributed by atoms with Gasteiger partial charge in [0.25, 0.3) is 0 Å². The minimum Gasteiger partial charge on any atom is -0.496 e. The number of rotatable bonds is 11. The molecule has 4 nitrogen and oxygen atoms in total. The van der Waals surface area contributed by atoms with Crippen LogP contribution in [-0.4, -0.2) is 49.5 Å². The van der Waals surface area contributed by atoms with Gasteiger partial charge in [-0.15, -0.1) is 13.2 Å². The number of hydrogen-bond donors (Lipinski definition) is 1. The summed E-state index contributed by atoms with van der Waals surface area (Å²) in [7, 11) is 1.64. The maximum absolute atomic E-state index is 10.0. The zero-order chi connectivity index (χ0) is 15.5. The van der Waals surface area contributed by atoms with Crippen molar-refractivity contribution in [1.29, 1.82) is 0 Å². The van der Waals surface area contributed by atoms with Gasteiger partial charge in [-0.25, -0.2) is 0 Å². The predicted molar refractivity (Wildman–Crippen MR) is 85.5 cm³/mol. The first kappa shape index (κ1) is 17.4. The molecule has 0 amide bonds. The van der Waals surface area contributed by atoms with E-state index in [4.69, 9.17) is 9.47 Å². The minimum atomic E-state index is -0.542. The van der Waals surface area contributed by atoms with E-state index in [2.05, 4.69) is 18.1 Å². The number of ether oxygens (including phenoxy) is 2. The second kappa shape index (κ2) is 10.2. The summed E-state index contributed by atoms with van der Waals surface area (Å²) < 4.78 is 10.8. The first-order valence-corrected chi connectivity index (χ1v) is 7.03. The molecule has 1 unspecified atom stereocenters. The summed E-state index contributed by atoms with van der Waals surface area (Å²) in [6, 6.07) is 7.70. The van der Waals surface area contributed by atoms with Gasteiger partial charge in [-0.1, -0.05) is 30.4 Å². The maximum atomic E-state index is 10.0. The highest BCUT2D eigenvalue weighted by atomic mass is 16.5. The van der Waals surface area contributed by atoms with Gasteiger partial charge in [0.15, 0.2) is 0 Å². The van der Waals surface area contributed by atoms with Crippen LogP contribution < -0.4 is 4.74 Å². The lowest BCUT2D eigenvalue weighted by molar-refractivity contribution is 0.0127. The van der Waals surface area contributed by atoms with E-state index in [1.54, 1.807) is 7.11 Å². The van der Waals surface area contributed by atoms with E-state index < -0.39 is 6.10 Å². The van der Waals surface area contributed by atoms with Gasteiger partial charge in [0.05, 0.1) is 26.4 Å².